The van der Waals surface area contributed by atoms with Gasteiger partial charge in [-0.1, -0.05) is 0 Å². The summed E-state index contributed by atoms with van der Waals surface area (Å²) in [7, 11) is -16.7. The van der Waals surface area contributed by atoms with E-state index in [2.05, 4.69) is 43.4 Å². The van der Waals surface area contributed by atoms with E-state index < -0.39 is 108 Å². The van der Waals surface area contributed by atoms with Crippen LogP contribution in [0.4, 0.5) is 28.4 Å². The molecule has 4 aromatic carbocycles. The van der Waals surface area contributed by atoms with E-state index in [4.69, 9.17) is 19.4 Å². The molecule has 0 amide bonds. The Hall–Kier alpha value is -0.360. The molecule has 0 heterocycles. The van der Waals surface area contributed by atoms with Crippen molar-refractivity contribution in [2.24, 2.45) is 20.5 Å². The molecule has 0 fully saturated rings. The Morgan fingerprint density at radius 1 is 0.708 bits per heavy atom. The standard InChI is InChI=1S/C29H31N5O21S6.4Na/c1-15-10-18(22(49-3)14-24(15)59(40,41)8-6-50-57-55-53-37)32-34-28-23(56-54-52-36)12-17-25(60(42,43)44)13-20(27(30)26(17)29(28)35)33-31-19-11-16(4-5-21(19)48-2)58(38,39)9-7-51-61(45,46)47;;;;/h4-5,10-14,35-37H,6-9,30H2,1-3H3,(H,42,43,44)(H,45,46,47);;;;/q;4*+1/p-4. The number of benzene rings is 4. The molecule has 0 atom stereocenters. The summed E-state index contributed by atoms with van der Waals surface area (Å²) in [6, 6.07) is 7.01. The summed E-state index contributed by atoms with van der Waals surface area (Å²) >= 11 is 0.199. The molecule has 65 heavy (non-hydrogen) atoms. The van der Waals surface area contributed by atoms with Gasteiger partial charge in [0.15, 0.2) is 37.7 Å². The first-order chi connectivity index (χ1) is 28.6. The number of anilines is 1. The van der Waals surface area contributed by atoms with Crippen molar-refractivity contribution in [3.05, 3.63) is 48.0 Å². The van der Waals surface area contributed by atoms with Crippen molar-refractivity contribution in [1.82, 2.24) is 0 Å². The molecule has 0 bridgehead atoms. The molecule has 36 heteroatoms. The molecule has 0 aliphatic heterocycles. The van der Waals surface area contributed by atoms with Crippen molar-refractivity contribution in [2.75, 3.05) is 44.7 Å². The first-order valence-electron chi connectivity index (χ1n) is 15.8. The summed E-state index contributed by atoms with van der Waals surface area (Å²) in [6.45, 7) is -0.0447. The number of rotatable bonds is 22. The number of nitrogens with zero attached hydrogens (tertiary/aromatic N) is 4. The molecular weight excluding hydrogens is 1040 g/mol. The van der Waals surface area contributed by atoms with Crippen LogP contribution in [0.5, 0.6) is 17.2 Å². The topological polar surface area (TPSA) is 398 Å². The molecule has 334 valence electrons. The summed E-state index contributed by atoms with van der Waals surface area (Å²) in [5, 5.41) is 53.4. The van der Waals surface area contributed by atoms with Gasteiger partial charge in [0.25, 0.3) is 0 Å². The predicted octanol–water partition coefficient (Wildman–Crippen LogP) is -9.74. The zero-order chi connectivity index (χ0) is 45.3. The van der Waals surface area contributed by atoms with Crippen LogP contribution >= 0.6 is 24.4 Å². The number of hydrogen-bond acceptors (Lipinski definition) is 28. The minimum atomic E-state index is -5.47. The molecule has 4 rings (SSSR count). The van der Waals surface area contributed by atoms with Gasteiger partial charge in [-0.3, -0.25) is 18.4 Å². The van der Waals surface area contributed by atoms with Gasteiger partial charge in [-0.25, -0.2) is 33.7 Å². The van der Waals surface area contributed by atoms with Crippen LogP contribution in [-0.2, 0) is 67.3 Å². The number of fused-ring (bicyclic) bond motifs is 1. The number of phenolic OH excluding ortho intramolecular Hbond substituents is 1. The van der Waals surface area contributed by atoms with Gasteiger partial charge in [0, 0.05) is 11.5 Å². The van der Waals surface area contributed by atoms with E-state index in [1.165, 1.54) is 27.2 Å². The van der Waals surface area contributed by atoms with E-state index in [1.54, 1.807) is 0 Å². The summed E-state index contributed by atoms with van der Waals surface area (Å²) in [5.41, 5.74) is 4.27. The summed E-state index contributed by atoms with van der Waals surface area (Å²) < 4.78 is 149. The molecule has 0 unspecified atom stereocenters. The van der Waals surface area contributed by atoms with Crippen molar-refractivity contribution >= 4 is 104 Å². The van der Waals surface area contributed by atoms with Gasteiger partial charge in [-0.2, -0.15) is 4.33 Å². The monoisotopic (exact) mass is 1060 g/mol. The Labute approximate surface area is 467 Å². The van der Waals surface area contributed by atoms with Crippen LogP contribution in [0.3, 0.4) is 0 Å². The molecule has 0 saturated carbocycles. The summed E-state index contributed by atoms with van der Waals surface area (Å²) in [4.78, 5) is -2.13. The fraction of sp³-hybridized carbons (Fsp3) is 0.241. The Balaban J connectivity index is 0.0000102. The van der Waals surface area contributed by atoms with Crippen LogP contribution in [0, 0.1) is 6.92 Å². The van der Waals surface area contributed by atoms with E-state index in [0.717, 1.165) is 30.3 Å². The fourth-order valence-electron chi connectivity index (χ4n) is 5.08. The van der Waals surface area contributed by atoms with Crippen LogP contribution in [0.1, 0.15) is 5.56 Å². The van der Waals surface area contributed by atoms with Crippen LogP contribution in [-0.4, -0.2) is 86.8 Å². The SMILES string of the molecule is COc1ccc(S(=O)(=O)CCOS(=O)(=O)[O-])cc1N=Nc1cc(S(=O)(=O)[O-])c2cc(SOO[O-])c(N=Nc3cc(C)c(S(=O)(=O)CCOSOO[O-])cc3OC)c(O)c2c1N.[Na+].[Na+].[Na+].[Na+]. The Morgan fingerprint density at radius 2 is 1.29 bits per heavy atom. The number of aryl methyl sites for hydroxylation is 1. The Kier molecular flexibility index (Phi) is 28.3. The molecule has 3 N–H and O–H groups in total. The maximum Gasteiger partial charge on any atom is 1.00 e. The molecule has 0 aliphatic carbocycles. The number of azo groups is 2. The number of hydrogen-bond donors (Lipinski definition) is 2. The van der Waals surface area contributed by atoms with E-state index >= 15 is 0 Å². The van der Waals surface area contributed by atoms with Gasteiger partial charge < -0.3 is 39.9 Å². The molecule has 0 spiro atoms. The number of ether oxygens (including phenoxy) is 2. The van der Waals surface area contributed by atoms with Gasteiger partial charge in [0.2, 0.25) is 10.4 Å². The number of nitrogen functional groups attached to an aromatic ring is 1. The maximum absolute atomic E-state index is 13.0. The van der Waals surface area contributed by atoms with Crippen molar-refractivity contribution in [3.8, 4) is 17.2 Å². The average molecular weight is 1070 g/mol. The fourth-order valence-corrected chi connectivity index (χ4v) is 9.42. The van der Waals surface area contributed by atoms with E-state index in [0.29, 0.717) is 6.07 Å². The number of aromatic hydroxyl groups is 1. The quantitative estimate of drug-likeness (QED) is 0.00849. The summed E-state index contributed by atoms with van der Waals surface area (Å²) in [6.07, 6.45) is 0. The zero-order valence-corrected chi connectivity index (χ0v) is 47.7. The van der Waals surface area contributed by atoms with E-state index in [-0.39, 0.29) is 181 Å². The normalized spacial score (nSPS) is 12.0. The first kappa shape index (κ1) is 64.6. The molecule has 4 aromatic rings. The molecule has 26 nitrogen and oxygen atoms in total. The van der Waals surface area contributed by atoms with Crippen molar-refractivity contribution < 1.29 is 213 Å². The van der Waals surface area contributed by atoms with E-state index in [9.17, 15) is 58.4 Å². The third-order valence-corrected chi connectivity index (χ3v) is 13.5. The molecule has 0 aromatic heterocycles. The van der Waals surface area contributed by atoms with Crippen LogP contribution in [0.15, 0.2) is 82.5 Å². The Bertz CT molecular complexity index is 2810. The molecule has 0 radical (unpaired) electrons. The van der Waals surface area contributed by atoms with Gasteiger partial charge in [-0.15, -0.1) is 24.8 Å². The number of phenols is 1. The number of methoxy groups -OCH3 is 2. The molecular formula is C29H27N5Na4O21S6. The zero-order valence-electron chi connectivity index (χ0n) is 34.8. The van der Waals surface area contributed by atoms with Crippen LogP contribution < -0.4 is 144 Å². The minimum Gasteiger partial charge on any atom is -0.744 e. The van der Waals surface area contributed by atoms with Crippen LogP contribution in [0.25, 0.3) is 10.8 Å². The molecule has 0 aliphatic rings. The third-order valence-electron chi connectivity index (χ3n) is 7.70. The van der Waals surface area contributed by atoms with Crippen molar-refractivity contribution in [3.63, 3.8) is 0 Å². The smallest absolute Gasteiger partial charge is 0.744 e. The van der Waals surface area contributed by atoms with E-state index in [1.807, 2.05) is 0 Å². The van der Waals surface area contributed by atoms with Gasteiger partial charge >= 0.3 is 118 Å². The minimum absolute atomic E-state index is 0. The maximum atomic E-state index is 13.0. The average Bonchev–Trinajstić information content (AvgIpc) is 3.17. The third kappa shape index (κ3) is 17.8. The largest absolute Gasteiger partial charge is 1.00 e. The van der Waals surface area contributed by atoms with Crippen LogP contribution in [0.2, 0.25) is 0 Å². The predicted molar refractivity (Wildman–Crippen MR) is 201 cm³/mol. The second kappa shape index (κ2) is 28.5. The molecule has 0 saturated heterocycles. The second-order valence-corrected chi connectivity index (χ2v) is 19.2. The number of nitrogens with two attached hydrogens (primary N) is 1. The van der Waals surface area contributed by atoms with Crippen molar-refractivity contribution in [2.45, 2.75) is 26.5 Å². The Morgan fingerprint density at radius 3 is 1.88 bits per heavy atom. The van der Waals surface area contributed by atoms with Gasteiger partial charge in [0.1, 0.15) is 44.4 Å². The van der Waals surface area contributed by atoms with Crippen molar-refractivity contribution in [1.29, 1.82) is 0 Å². The van der Waals surface area contributed by atoms with Gasteiger partial charge in [-0.05, 0) is 48.9 Å². The summed E-state index contributed by atoms with van der Waals surface area (Å²) in [5.74, 6) is -2.80. The number of sulfone groups is 2. The van der Waals surface area contributed by atoms with Gasteiger partial charge in [0.05, 0.1) is 81.6 Å². The first-order valence-corrected chi connectivity index (χ1v) is 23.3. The second-order valence-electron chi connectivity index (χ2n) is 11.4.